The summed E-state index contributed by atoms with van der Waals surface area (Å²) in [5.41, 5.74) is 2.92. The first kappa shape index (κ1) is 22.0. The minimum absolute atomic E-state index is 0.224. The average Bonchev–Trinajstić information content (AvgIpc) is 2.85. The van der Waals surface area contributed by atoms with Crippen LogP contribution in [0, 0.1) is 11.3 Å². The largest absolute Gasteiger partial charge is 0.380 e. The number of morpholine rings is 1. The van der Waals surface area contributed by atoms with Crippen molar-refractivity contribution in [1.82, 2.24) is 0 Å². The van der Waals surface area contributed by atoms with Crippen LogP contribution in [0.3, 0.4) is 0 Å². The first-order chi connectivity index (χ1) is 15.6. The number of aliphatic hydroxyl groups excluding tert-OH is 1. The van der Waals surface area contributed by atoms with Gasteiger partial charge in [-0.15, -0.1) is 0 Å². The molecule has 2 atom stereocenters. The van der Waals surface area contributed by atoms with Crippen LogP contribution in [-0.4, -0.2) is 42.3 Å². The van der Waals surface area contributed by atoms with Crippen molar-refractivity contribution in [2.45, 2.75) is 50.2 Å². The molecule has 0 spiro atoms. The summed E-state index contributed by atoms with van der Waals surface area (Å²) in [6.45, 7) is 0.587. The average molecular weight is 434 g/mol. The molecule has 2 N–H and O–H groups in total. The van der Waals surface area contributed by atoms with E-state index in [1.807, 2.05) is 18.2 Å². The molecule has 7 heteroatoms. The highest BCUT2D eigenvalue weighted by Gasteiger charge is 2.39. The van der Waals surface area contributed by atoms with Gasteiger partial charge in [-0.3, -0.25) is 9.59 Å². The maximum atomic E-state index is 13.0. The number of nitrogens with zero attached hydrogens (tertiary/aromatic N) is 2. The molecule has 2 amide bonds. The van der Waals surface area contributed by atoms with Crippen LogP contribution in [0.5, 0.6) is 0 Å². The highest BCUT2D eigenvalue weighted by Crippen LogP contribution is 2.33. The first-order valence-corrected chi connectivity index (χ1v) is 11.1. The van der Waals surface area contributed by atoms with Crippen molar-refractivity contribution in [2.75, 3.05) is 23.4 Å². The first-order valence-electron chi connectivity index (χ1n) is 11.1. The van der Waals surface area contributed by atoms with Gasteiger partial charge in [0.05, 0.1) is 18.2 Å². The summed E-state index contributed by atoms with van der Waals surface area (Å²) in [6, 6.07) is 16.3. The van der Waals surface area contributed by atoms with Crippen molar-refractivity contribution in [3.8, 4) is 6.07 Å². The number of nitriles is 1. The van der Waals surface area contributed by atoms with Crippen LogP contribution in [-0.2, 0) is 14.3 Å². The van der Waals surface area contributed by atoms with Crippen LogP contribution in [0.25, 0.3) is 0 Å². The molecule has 32 heavy (non-hydrogen) atoms. The Kier molecular flexibility index (Phi) is 6.84. The summed E-state index contributed by atoms with van der Waals surface area (Å²) >= 11 is 0. The number of aliphatic hydroxyl groups is 1. The summed E-state index contributed by atoms with van der Waals surface area (Å²) in [4.78, 5) is 27.1. The van der Waals surface area contributed by atoms with Crippen molar-refractivity contribution in [3.63, 3.8) is 0 Å². The second-order valence-electron chi connectivity index (χ2n) is 8.33. The molecule has 1 heterocycles. The second kappa shape index (κ2) is 9.94. The summed E-state index contributed by atoms with van der Waals surface area (Å²) in [5.74, 6) is -0.592. The SMILES string of the molecule is N#Cc1ccc(NC(=O)C(O)[C@H]2OCCN(c3ccc(C4CCCCC4)cc3)C2=O)cc1. The van der Waals surface area contributed by atoms with Gasteiger partial charge in [0.1, 0.15) is 0 Å². The molecule has 1 saturated heterocycles. The minimum atomic E-state index is -1.65. The number of carbonyl (C=O) groups is 2. The molecule has 1 aliphatic carbocycles. The third kappa shape index (κ3) is 4.82. The maximum absolute atomic E-state index is 13.0. The molecule has 1 saturated carbocycles. The van der Waals surface area contributed by atoms with E-state index in [1.165, 1.54) is 37.7 Å². The Bertz CT molecular complexity index is 991. The molecule has 2 aromatic rings. The van der Waals surface area contributed by atoms with Gasteiger partial charge in [0, 0.05) is 17.9 Å². The van der Waals surface area contributed by atoms with E-state index in [0.717, 1.165) is 5.69 Å². The normalized spacial score (nSPS) is 20.4. The fourth-order valence-electron chi connectivity index (χ4n) is 4.43. The Morgan fingerprint density at radius 3 is 2.44 bits per heavy atom. The number of hydrogen-bond acceptors (Lipinski definition) is 5. The lowest BCUT2D eigenvalue weighted by Crippen LogP contribution is -2.55. The number of hydrogen-bond donors (Lipinski definition) is 2. The highest BCUT2D eigenvalue weighted by atomic mass is 16.5. The Balaban J connectivity index is 1.41. The van der Waals surface area contributed by atoms with E-state index in [-0.39, 0.29) is 6.61 Å². The number of nitrogens with one attached hydrogen (secondary N) is 1. The summed E-state index contributed by atoms with van der Waals surface area (Å²) in [7, 11) is 0. The van der Waals surface area contributed by atoms with Gasteiger partial charge < -0.3 is 20.1 Å². The van der Waals surface area contributed by atoms with Gasteiger partial charge in [-0.2, -0.15) is 5.26 Å². The molecular formula is C25H27N3O4. The van der Waals surface area contributed by atoms with Gasteiger partial charge in [-0.25, -0.2) is 0 Å². The van der Waals surface area contributed by atoms with Crippen molar-refractivity contribution >= 4 is 23.2 Å². The quantitative estimate of drug-likeness (QED) is 0.753. The van der Waals surface area contributed by atoms with Gasteiger partial charge in [0.25, 0.3) is 11.8 Å². The monoisotopic (exact) mass is 433 g/mol. The topological polar surface area (TPSA) is 103 Å². The van der Waals surface area contributed by atoms with E-state index in [0.29, 0.717) is 23.7 Å². The van der Waals surface area contributed by atoms with Crippen molar-refractivity contribution in [1.29, 1.82) is 5.26 Å². The lowest BCUT2D eigenvalue weighted by molar-refractivity contribution is -0.150. The summed E-state index contributed by atoms with van der Waals surface area (Å²) < 4.78 is 5.47. The van der Waals surface area contributed by atoms with E-state index in [2.05, 4.69) is 17.4 Å². The van der Waals surface area contributed by atoms with Crippen molar-refractivity contribution in [2.24, 2.45) is 0 Å². The Morgan fingerprint density at radius 2 is 1.78 bits per heavy atom. The van der Waals surface area contributed by atoms with Crippen LogP contribution in [0.15, 0.2) is 48.5 Å². The standard InChI is InChI=1S/C25H27N3O4/c26-16-17-6-10-20(11-7-17)27-24(30)22(29)23-25(31)28(14-15-32-23)21-12-8-19(9-13-21)18-4-2-1-3-5-18/h6-13,18,22-23,29H,1-5,14-15H2,(H,27,30)/t22?,23-/m1/s1. The molecule has 0 aromatic heterocycles. The number of rotatable bonds is 5. The Labute approximate surface area is 187 Å². The van der Waals surface area contributed by atoms with Crippen LogP contribution in [0.1, 0.15) is 49.1 Å². The number of carbonyl (C=O) groups excluding carboxylic acids is 2. The van der Waals surface area contributed by atoms with Crippen LogP contribution >= 0.6 is 0 Å². The maximum Gasteiger partial charge on any atom is 0.259 e. The van der Waals surface area contributed by atoms with Crippen molar-refractivity contribution in [3.05, 3.63) is 59.7 Å². The molecule has 1 aliphatic heterocycles. The van der Waals surface area contributed by atoms with E-state index >= 15 is 0 Å². The molecule has 4 rings (SSSR count). The second-order valence-corrected chi connectivity index (χ2v) is 8.33. The van der Waals surface area contributed by atoms with Crippen LogP contribution in [0.2, 0.25) is 0 Å². The van der Waals surface area contributed by atoms with Crippen molar-refractivity contribution < 1.29 is 19.4 Å². The number of amides is 2. The van der Waals surface area contributed by atoms with E-state index in [1.54, 1.807) is 29.2 Å². The fourth-order valence-corrected chi connectivity index (χ4v) is 4.43. The predicted octanol–water partition coefficient (Wildman–Crippen LogP) is 3.34. The Hall–Kier alpha value is -3.21. The molecular weight excluding hydrogens is 406 g/mol. The Morgan fingerprint density at radius 1 is 1.09 bits per heavy atom. The van der Waals surface area contributed by atoms with Crippen LogP contribution < -0.4 is 10.2 Å². The lowest BCUT2D eigenvalue weighted by atomic mass is 9.84. The number of anilines is 2. The molecule has 2 fully saturated rings. The number of benzene rings is 2. The molecule has 0 bridgehead atoms. The van der Waals surface area contributed by atoms with Gasteiger partial charge in [0.15, 0.2) is 12.2 Å². The zero-order valence-electron chi connectivity index (χ0n) is 17.9. The summed E-state index contributed by atoms with van der Waals surface area (Å²) in [5, 5.41) is 21.9. The molecule has 2 aromatic carbocycles. The van der Waals surface area contributed by atoms with Crippen LogP contribution in [0.4, 0.5) is 11.4 Å². The van der Waals surface area contributed by atoms with Gasteiger partial charge in [-0.1, -0.05) is 31.4 Å². The van der Waals surface area contributed by atoms with Gasteiger partial charge in [-0.05, 0) is 60.7 Å². The highest BCUT2D eigenvalue weighted by molar-refractivity contribution is 6.03. The zero-order chi connectivity index (χ0) is 22.5. The molecule has 166 valence electrons. The fraction of sp³-hybridized carbons (Fsp3) is 0.400. The number of ether oxygens (including phenoxy) is 1. The van der Waals surface area contributed by atoms with E-state index in [9.17, 15) is 14.7 Å². The smallest absolute Gasteiger partial charge is 0.259 e. The third-order valence-corrected chi connectivity index (χ3v) is 6.24. The molecule has 7 nitrogen and oxygen atoms in total. The molecule has 2 aliphatic rings. The minimum Gasteiger partial charge on any atom is -0.380 e. The third-order valence-electron chi connectivity index (χ3n) is 6.24. The van der Waals surface area contributed by atoms with E-state index < -0.39 is 24.0 Å². The molecule has 1 unspecified atom stereocenters. The molecule has 0 radical (unpaired) electrons. The van der Waals surface area contributed by atoms with Gasteiger partial charge >= 0.3 is 0 Å². The van der Waals surface area contributed by atoms with E-state index in [4.69, 9.17) is 10.00 Å². The zero-order valence-corrected chi connectivity index (χ0v) is 17.9. The lowest BCUT2D eigenvalue weighted by Gasteiger charge is -2.34. The predicted molar refractivity (Wildman–Crippen MR) is 120 cm³/mol. The summed E-state index contributed by atoms with van der Waals surface area (Å²) in [6.07, 6.45) is 3.32. The van der Waals surface area contributed by atoms with Gasteiger partial charge in [0.2, 0.25) is 0 Å².